The topological polar surface area (TPSA) is 237 Å². The molecule has 596 valence electrons. The van der Waals surface area contributed by atoms with Gasteiger partial charge >= 0.3 is 39.5 Å². The van der Waals surface area contributed by atoms with Gasteiger partial charge in [-0.25, -0.2) is 9.13 Å². The van der Waals surface area contributed by atoms with Crippen LogP contribution in [0.15, 0.2) is 24.3 Å². The molecule has 17 nitrogen and oxygen atoms in total. The standard InChI is InChI=1S/C82H156O17P2/c1-7-9-11-13-15-17-18-19-24-30-36-42-48-54-60-66-81(86)98-77(70-92-79(84)64-58-52-46-38-16-14-12-10-8-2)72-96-100(88,89)94-68-76(83)69-95-101(90,91)97-73-78(71-93-80(85)65-59-53-47-41-35-32-27-29-34-40-45-51-57-63-75(5)6)99-82(87)67-61-55-49-43-37-31-26-23-21-20-22-25-28-33-39-44-50-56-62-74(3)4/h17-19,24,74-78,83H,7-16,20-23,25-73H2,1-6H3,(H,88,89)(H,90,91)/b18-17-,24-19-/t76-,77+,78+/m0/s1. The van der Waals surface area contributed by atoms with Gasteiger partial charge in [-0.3, -0.25) is 37.3 Å². The highest BCUT2D eigenvalue weighted by Gasteiger charge is 2.30. The fourth-order valence-electron chi connectivity index (χ4n) is 12.2. The molecular weight excluding hydrogens is 1320 g/mol. The maximum absolute atomic E-state index is 13.1. The molecule has 0 bridgehead atoms. The molecule has 0 fully saturated rings. The predicted molar refractivity (Wildman–Crippen MR) is 414 cm³/mol. The smallest absolute Gasteiger partial charge is 0.462 e. The molecule has 0 rings (SSSR count). The van der Waals surface area contributed by atoms with E-state index in [2.05, 4.69) is 65.8 Å². The Morgan fingerprint density at radius 1 is 0.307 bits per heavy atom. The van der Waals surface area contributed by atoms with Crippen molar-refractivity contribution in [3.8, 4) is 0 Å². The lowest BCUT2D eigenvalue weighted by Crippen LogP contribution is -2.30. The van der Waals surface area contributed by atoms with Gasteiger partial charge in [-0.1, -0.05) is 355 Å². The molecule has 0 aromatic carbocycles. The van der Waals surface area contributed by atoms with Crippen LogP contribution < -0.4 is 0 Å². The Balaban J connectivity index is 5.24. The molecule has 0 spiro atoms. The van der Waals surface area contributed by atoms with Gasteiger partial charge in [0, 0.05) is 25.7 Å². The van der Waals surface area contributed by atoms with Crippen LogP contribution in [0.3, 0.4) is 0 Å². The lowest BCUT2D eigenvalue weighted by molar-refractivity contribution is -0.161. The van der Waals surface area contributed by atoms with E-state index in [-0.39, 0.29) is 25.7 Å². The van der Waals surface area contributed by atoms with E-state index in [1.54, 1.807) is 0 Å². The number of ether oxygens (including phenoxy) is 4. The van der Waals surface area contributed by atoms with Gasteiger partial charge < -0.3 is 33.8 Å². The molecule has 0 saturated carbocycles. The molecule has 3 N–H and O–H groups in total. The second-order valence-electron chi connectivity index (χ2n) is 29.8. The van der Waals surface area contributed by atoms with Crippen molar-refractivity contribution >= 4 is 39.5 Å². The van der Waals surface area contributed by atoms with E-state index in [1.165, 1.54) is 212 Å². The molecule has 0 heterocycles. The van der Waals surface area contributed by atoms with E-state index in [9.17, 15) is 43.2 Å². The summed E-state index contributed by atoms with van der Waals surface area (Å²) in [4.78, 5) is 73.0. The van der Waals surface area contributed by atoms with Gasteiger partial charge in [0.1, 0.15) is 19.3 Å². The number of allylic oxidation sites excluding steroid dienone is 4. The number of hydrogen-bond acceptors (Lipinski definition) is 15. The van der Waals surface area contributed by atoms with Crippen molar-refractivity contribution < 1.29 is 80.2 Å². The van der Waals surface area contributed by atoms with Gasteiger partial charge in [0.05, 0.1) is 26.4 Å². The van der Waals surface area contributed by atoms with Gasteiger partial charge in [0.15, 0.2) is 12.2 Å². The van der Waals surface area contributed by atoms with E-state index in [4.69, 9.17) is 37.0 Å². The Kier molecular flexibility index (Phi) is 71.3. The number of carbonyl (C=O) groups excluding carboxylic acids is 4. The molecule has 2 unspecified atom stereocenters. The van der Waals surface area contributed by atoms with Crippen LogP contribution in [0.4, 0.5) is 0 Å². The largest absolute Gasteiger partial charge is 0.472 e. The summed E-state index contributed by atoms with van der Waals surface area (Å²) in [5.74, 6) is -0.530. The van der Waals surface area contributed by atoms with Crippen molar-refractivity contribution in [1.82, 2.24) is 0 Å². The van der Waals surface area contributed by atoms with Gasteiger partial charge in [0.2, 0.25) is 0 Å². The summed E-state index contributed by atoms with van der Waals surface area (Å²) in [7, 11) is -9.93. The molecule has 101 heavy (non-hydrogen) atoms. The van der Waals surface area contributed by atoms with E-state index in [0.29, 0.717) is 25.7 Å². The number of phosphoric ester groups is 2. The quantitative estimate of drug-likeness (QED) is 0.0169. The molecule has 0 aliphatic heterocycles. The van der Waals surface area contributed by atoms with Crippen molar-refractivity contribution in [2.75, 3.05) is 39.6 Å². The maximum Gasteiger partial charge on any atom is 0.472 e. The van der Waals surface area contributed by atoms with Crippen molar-refractivity contribution in [2.24, 2.45) is 11.8 Å². The fraction of sp³-hybridized carbons (Fsp3) is 0.902. The number of carbonyl (C=O) groups is 4. The third kappa shape index (κ3) is 75.6. The van der Waals surface area contributed by atoms with Crippen molar-refractivity contribution in [3.63, 3.8) is 0 Å². The summed E-state index contributed by atoms with van der Waals surface area (Å²) in [6, 6.07) is 0. The highest BCUT2D eigenvalue weighted by Crippen LogP contribution is 2.45. The molecule has 0 saturated heterocycles. The highest BCUT2D eigenvalue weighted by molar-refractivity contribution is 7.47. The number of unbranched alkanes of at least 4 members (excludes halogenated alkanes) is 46. The Labute approximate surface area is 618 Å². The predicted octanol–water partition coefficient (Wildman–Crippen LogP) is 24.2. The van der Waals surface area contributed by atoms with Crippen LogP contribution in [-0.2, 0) is 65.4 Å². The van der Waals surface area contributed by atoms with Crippen LogP contribution in [0.25, 0.3) is 0 Å². The minimum absolute atomic E-state index is 0.0852. The van der Waals surface area contributed by atoms with Crippen LogP contribution in [-0.4, -0.2) is 96.7 Å². The Morgan fingerprint density at radius 2 is 0.535 bits per heavy atom. The minimum Gasteiger partial charge on any atom is -0.462 e. The van der Waals surface area contributed by atoms with E-state index >= 15 is 0 Å². The molecule has 0 radical (unpaired) electrons. The summed E-state index contributed by atoms with van der Waals surface area (Å²) in [5, 5.41) is 10.6. The molecule has 0 aromatic heterocycles. The van der Waals surface area contributed by atoms with Crippen LogP contribution in [0.2, 0.25) is 0 Å². The first-order valence-electron chi connectivity index (χ1n) is 41.8. The zero-order chi connectivity index (χ0) is 74.2. The normalized spacial score (nSPS) is 14.0. The first kappa shape index (κ1) is 98.5. The molecular formula is C82H156O17P2. The van der Waals surface area contributed by atoms with E-state index < -0.39 is 97.5 Å². The second kappa shape index (κ2) is 73.1. The number of hydrogen-bond donors (Lipinski definition) is 3. The Bertz CT molecular complexity index is 2040. The fourth-order valence-corrected chi connectivity index (χ4v) is 13.8. The van der Waals surface area contributed by atoms with Gasteiger partial charge in [-0.2, -0.15) is 0 Å². The summed E-state index contributed by atoms with van der Waals surface area (Å²) in [6.07, 6.45) is 66.0. The number of aliphatic hydroxyl groups excluding tert-OH is 1. The maximum atomic E-state index is 13.1. The monoisotopic (exact) mass is 1480 g/mol. The Morgan fingerprint density at radius 3 is 0.812 bits per heavy atom. The molecule has 0 aromatic rings. The number of aliphatic hydroxyl groups is 1. The molecule has 0 aliphatic carbocycles. The zero-order valence-electron chi connectivity index (χ0n) is 65.7. The molecule has 5 atom stereocenters. The third-order valence-corrected chi connectivity index (χ3v) is 20.5. The van der Waals surface area contributed by atoms with Crippen LogP contribution in [0, 0.1) is 11.8 Å². The van der Waals surface area contributed by atoms with Crippen LogP contribution in [0.5, 0.6) is 0 Å². The van der Waals surface area contributed by atoms with Crippen LogP contribution in [0.1, 0.15) is 408 Å². The van der Waals surface area contributed by atoms with Crippen molar-refractivity contribution in [3.05, 3.63) is 24.3 Å². The van der Waals surface area contributed by atoms with Gasteiger partial charge in [-0.05, 0) is 63.2 Å². The van der Waals surface area contributed by atoms with Crippen LogP contribution >= 0.6 is 15.6 Å². The van der Waals surface area contributed by atoms with E-state index in [1.807, 2.05) is 0 Å². The SMILES string of the molecule is CCCCCC/C=C\C=C/CCCCCCCC(=O)O[C@H](COC(=O)CCCCCCCCCCC)COP(=O)(O)OC[C@H](O)COP(=O)(O)OC[C@@H](COC(=O)CCCCCCCCCCCCCCCC(C)C)OC(=O)CCCCCCCCCCCCCCCCCCCCC(C)C. The van der Waals surface area contributed by atoms with Crippen molar-refractivity contribution in [2.45, 2.75) is 426 Å². The summed E-state index contributed by atoms with van der Waals surface area (Å²) >= 11 is 0. The van der Waals surface area contributed by atoms with Gasteiger partial charge in [0.25, 0.3) is 0 Å². The number of phosphoric acid groups is 2. The number of rotatable bonds is 79. The summed E-state index contributed by atoms with van der Waals surface area (Å²) in [6.45, 7) is 9.61. The lowest BCUT2D eigenvalue weighted by Gasteiger charge is -2.21. The third-order valence-electron chi connectivity index (χ3n) is 18.6. The zero-order valence-corrected chi connectivity index (χ0v) is 67.5. The summed E-state index contributed by atoms with van der Waals surface area (Å²) in [5.41, 5.74) is 0. The van der Waals surface area contributed by atoms with Gasteiger partial charge in [-0.15, -0.1) is 0 Å². The summed E-state index contributed by atoms with van der Waals surface area (Å²) < 4.78 is 68.6. The lowest BCUT2D eigenvalue weighted by atomic mass is 10.0. The first-order valence-corrected chi connectivity index (χ1v) is 44.8. The van der Waals surface area contributed by atoms with Crippen molar-refractivity contribution in [1.29, 1.82) is 0 Å². The number of esters is 4. The average molecular weight is 1480 g/mol. The molecule has 0 amide bonds. The minimum atomic E-state index is -4.97. The Hall–Kier alpha value is -2.46. The second-order valence-corrected chi connectivity index (χ2v) is 32.7. The molecule has 19 heteroatoms. The average Bonchev–Trinajstić information content (AvgIpc) is 0.958. The highest BCUT2D eigenvalue weighted by atomic mass is 31.2. The first-order chi connectivity index (χ1) is 48.9. The van der Waals surface area contributed by atoms with E-state index in [0.717, 1.165) is 115 Å². The molecule has 0 aliphatic rings.